The molecular formula is C9H18NO4P. The predicted molar refractivity (Wildman–Crippen MR) is 58.8 cm³/mol. The van der Waals surface area contributed by atoms with Crippen LogP contribution >= 0.6 is 8.25 Å². The molecule has 2 N–H and O–H groups in total. The highest BCUT2D eigenvalue weighted by Crippen LogP contribution is 2.22. The van der Waals surface area contributed by atoms with Crippen LogP contribution in [0.2, 0.25) is 0 Å². The van der Waals surface area contributed by atoms with E-state index >= 15 is 0 Å². The van der Waals surface area contributed by atoms with Gasteiger partial charge in [0.2, 0.25) is 5.91 Å². The monoisotopic (exact) mass is 235 g/mol. The summed E-state index contributed by atoms with van der Waals surface area (Å²) in [6.45, 7) is 7.15. The molecule has 0 radical (unpaired) electrons. The molecule has 0 bridgehead atoms. The first-order chi connectivity index (χ1) is 6.99. The van der Waals surface area contributed by atoms with Crippen molar-refractivity contribution in [1.29, 1.82) is 0 Å². The molecule has 0 aromatic rings. The van der Waals surface area contributed by atoms with Crippen LogP contribution in [0.15, 0.2) is 12.7 Å². The molecule has 0 aliphatic carbocycles. The van der Waals surface area contributed by atoms with Gasteiger partial charge in [0, 0.05) is 0 Å². The summed E-state index contributed by atoms with van der Waals surface area (Å²) in [5, 5.41) is 2.72. The highest BCUT2D eigenvalue weighted by Gasteiger charge is 2.28. The largest absolute Gasteiger partial charge is 0.345 e. The molecule has 0 aliphatic heterocycles. The summed E-state index contributed by atoms with van der Waals surface area (Å²) in [5.41, 5.74) is -0.589. The molecule has 1 unspecified atom stereocenters. The van der Waals surface area contributed by atoms with Crippen LogP contribution in [0.5, 0.6) is 0 Å². The highest BCUT2D eigenvalue weighted by molar-refractivity contribution is 7.32. The van der Waals surface area contributed by atoms with Crippen molar-refractivity contribution < 1.29 is 18.8 Å². The summed E-state index contributed by atoms with van der Waals surface area (Å²) in [7, 11) is -2.96. The second-order valence-corrected chi connectivity index (χ2v) is 4.06. The minimum atomic E-state index is -2.96. The molecule has 0 saturated carbocycles. The number of carbonyl (C=O) groups excluding carboxylic acids is 1. The molecule has 0 fully saturated rings. The second kappa shape index (κ2) is 6.77. The zero-order chi connectivity index (χ0) is 11.9. The third-order valence-corrected chi connectivity index (χ3v) is 2.79. The van der Waals surface area contributed by atoms with Crippen molar-refractivity contribution in [1.82, 2.24) is 5.32 Å². The average Bonchev–Trinajstić information content (AvgIpc) is 2.24. The number of carbonyl (C=O) groups is 1. The molecule has 0 aliphatic rings. The molecular weight excluding hydrogens is 217 g/mol. The quantitative estimate of drug-likeness (QED) is 0.514. The third-order valence-electron chi connectivity index (χ3n) is 2.40. The molecule has 0 heterocycles. The lowest BCUT2D eigenvalue weighted by atomic mass is 9.94. The molecule has 0 aromatic carbocycles. The molecule has 0 rings (SSSR count). The van der Waals surface area contributed by atoms with Crippen LogP contribution in [-0.4, -0.2) is 22.9 Å². The van der Waals surface area contributed by atoms with Crippen LogP contribution in [0.1, 0.15) is 26.7 Å². The normalized spacial score (nSPS) is 13.3. The maximum Gasteiger partial charge on any atom is 0.316 e. The van der Waals surface area contributed by atoms with Crippen LogP contribution in [0.3, 0.4) is 0 Å². The summed E-state index contributed by atoms with van der Waals surface area (Å²) in [6.07, 6.45) is 2.42. The van der Waals surface area contributed by atoms with Crippen LogP contribution < -0.4 is 5.32 Å². The summed E-state index contributed by atoms with van der Waals surface area (Å²) in [4.78, 5) is 19.8. The summed E-state index contributed by atoms with van der Waals surface area (Å²) in [5.74, 6) is -0.306. The average molecular weight is 235 g/mol. The highest BCUT2D eigenvalue weighted by atomic mass is 31.1. The topological polar surface area (TPSA) is 75.6 Å². The standard InChI is InChI=1S/C9H18NO4P/c1-4-8(11)10-9(5-2,6-3)7-14-15(12)13/h4,15H,1,5-7H2,2-3H3,(H,10,11)(H,12,13). The SMILES string of the molecule is C=CC(=O)NC(CC)(CC)CO[PH](=O)O. The molecule has 0 saturated heterocycles. The molecule has 88 valence electrons. The van der Waals surface area contributed by atoms with E-state index in [1.165, 1.54) is 6.08 Å². The van der Waals surface area contributed by atoms with Gasteiger partial charge in [-0.15, -0.1) is 0 Å². The zero-order valence-electron chi connectivity index (χ0n) is 9.08. The van der Waals surface area contributed by atoms with Gasteiger partial charge in [0.05, 0.1) is 12.1 Å². The van der Waals surface area contributed by atoms with E-state index in [1.807, 2.05) is 13.8 Å². The minimum Gasteiger partial charge on any atom is -0.345 e. The van der Waals surface area contributed by atoms with Crippen LogP contribution in [0.4, 0.5) is 0 Å². The molecule has 0 aromatic heterocycles. The first-order valence-electron chi connectivity index (χ1n) is 4.80. The summed E-state index contributed by atoms with van der Waals surface area (Å²) >= 11 is 0. The Labute approximate surface area is 90.5 Å². The number of hydrogen-bond acceptors (Lipinski definition) is 3. The fourth-order valence-corrected chi connectivity index (χ4v) is 1.58. The van der Waals surface area contributed by atoms with Crippen molar-refractivity contribution in [3.63, 3.8) is 0 Å². The van der Waals surface area contributed by atoms with E-state index in [2.05, 4.69) is 16.4 Å². The number of hydrogen-bond donors (Lipinski definition) is 2. The third kappa shape index (κ3) is 5.11. The Kier molecular flexibility index (Phi) is 6.48. The van der Waals surface area contributed by atoms with Crippen molar-refractivity contribution >= 4 is 14.2 Å². The molecule has 15 heavy (non-hydrogen) atoms. The van der Waals surface area contributed by atoms with Gasteiger partial charge in [-0.2, -0.15) is 0 Å². The molecule has 0 spiro atoms. The van der Waals surface area contributed by atoms with Crippen molar-refractivity contribution in [3.8, 4) is 0 Å². The van der Waals surface area contributed by atoms with E-state index < -0.39 is 13.8 Å². The Hall–Kier alpha value is -0.640. The molecule has 1 atom stereocenters. The van der Waals surface area contributed by atoms with E-state index in [9.17, 15) is 9.36 Å². The van der Waals surface area contributed by atoms with Gasteiger partial charge in [-0.1, -0.05) is 20.4 Å². The molecule has 1 amide bonds. The van der Waals surface area contributed by atoms with Gasteiger partial charge in [0.15, 0.2) is 0 Å². The van der Waals surface area contributed by atoms with E-state index in [0.717, 1.165) is 0 Å². The van der Waals surface area contributed by atoms with Gasteiger partial charge in [0.25, 0.3) is 0 Å². The van der Waals surface area contributed by atoms with Crippen LogP contribution in [-0.2, 0) is 13.9 Å². The number of rotatable bonds is 7. The first-order valence-corrected chi connectivity index (χ1v) is 6.06. The maximum atomic E-state index is 11.2. The Bertz CT molecular complexity index is 250. The lowest BCUT2D eigenvalue weighted by Crippen LogP contribution is -2.50. The van der Waals surface area contributed by atoms with Crippen molar-refractivity contribution in [2.75, 3.05) is 6.61 Å². The minimum absolute atomic E-state index is 0.0356. The maximum absolute atomic E-state index is 11.2. The Morgan fingerprint density at radius 2 is 2.13 bits per heavy atom. The van der Waals surface area contributed by atoms with Gasteiger partial charge >= 0.3 is 8.25 Å². The second-order valence-electron chi connectivity index (χ2n) is 3.24. The molecule has 6 heteroatoms. The van der Waals surface area contributed by atoms with E-state index in [1.54, 1.807) is 0 Å². The van der Waals surface area contributed by atoms with Crippen LogP contribution in [0, 0.1) is 0 Å². The Morgan fingerprint density at radius 3 is 2.47 bits per heavy atom. The van der Waals surface area contributed by atoms with Gasteiger partial charge < -0.3 is 14.7 Å². The van der Waals surface area contributed by atoms with E-state index in [4.69, 9.17) is 4.89 Å². The lowest BCUT2D eigenvalue weighted by Gasteiger charge is -2.31. The van der Waals surface area contributed by atoms with Crippen LogP contribution in [0.25, 0.3) is 0 Å². The van der Waals surface area contributed by atoms with Gasteiger partial charge in [0.1, 0.15) is 0 Å². The van der Waals surface area contributed by atoms with Gasteiger partial charge in [-0.3, -0.25) is 9.36 Å². The Morgan fingerprint density at radius 1 is 1.60 bits per heavy atom. The fourth-order valence-electron chi connectivity index (χ4n) is 1.18. The van der Waals surface area contributed by atoms with E-state index in [0.29, 0.717) is 12.8 Å². The van der Waals surface area contributed by atoms with Crippen molar-refractivity contribution in [3.05, 3.63) is 12.7 Å². The van der Waals surface area contributed by atoms with Crippen molar-refractivity contribution in [2.45, 2.75) is 32.2 Å². The molecule has 5 nitrogen and oxygen atoms in total. The summed E-state index contributed by atoms with van der Waals surface area (Å²) in [6, 6.07) is 0. The van der Waals surface area contributed by atoms with E-state index in [-0.39, 0.29) is 12.5 Å². The first kappa shape index (κ1) is 14.4. The van der Waals surface area contributed by atoms with Gasteiger partial charge in [-0.05, 0) is 18.9 Å². The fraction of sp³-hybridized carbons (Fsp3) is 0.667. The lowest BCUT2D eigenvalue weighted by molar-refractivity contribution is -0.119. The summed E-state index contributed by atoms with van der Waals surface area (Å²) < 4.78 is 15.2. The Balaban J connectivity index is 4.48. The number of nitrogens with one attached hydrogen (secondary N) is 1. The zero-order valence-corrected chi connectivity index (χ0v) is 10.1. The van der Waals surface area contributed by atoms with Gasteiger partial charge in [-0.25, -0.2) is 0 Å². The predicted octanol–water partition coefficient (Wildman–Crippen LogP) is 1.25. The number of amides is 1. The smallest absolute Gasteiger partial charge is 0.316 e. The van der Waals surface area contributed by atoms with Crippen molar-refractivity contribution in [2.24, 2.45) is 0 Å².